The third-order valence-electron chi connectivity index (χ3n) is 4.79. The number of piperazine rings is 1. The summed E-state index contributed by atoms with van der Waals surface area (Å²) in [5, 5.41) is 4.03. The first-order valence-electron chi connectivity index (χ1n) is 9.01. The number of hydrogen-bond donors (Lipinski definition) is 0. The Morgan fingerprint density at radius 1 is 1.24 bits per heavy atom. The lowest BCUT2D eigenvalue weighted by molar-refractivity contribution is -0.137. The molecule has 10 heteroatoms. The number of Topliss-reactive ketones (excluding diaryl/α,β-unsaturated/α-hetero) is 1. The van der Waals surface area contributed by atoms with Gasteiger partial charge in [0.1, 0.15) is 5.69 Å². The third-order valence-corrected chi connectivity index (χ3v) is 5.01. The van der Waals surface area contributed by atoms with Crippen LogP contribution in [0.2, 0.25) is 5.02 Å². The molecule has 0 aliphatic carbocycles. The fourth-order valence-corrected chi connectivity index (χ4v) is 3.63. The van der Waals surface area contributed by atoms with Crippen LogP contribution in [0.4, 0.5) is 18.0 Å². The molecule has 2 aromatic rings. The number of aromatic nitrogens is 2. The highest BCUT2D eigenvalue weighted by Gasteiger charge is 2.32. The van der Waals surface area contributed by atoms with E-state index in [-0.39, 0.29) is 28.6 Å². The second-order valence-corrected chi connectivity index (χ2v) is 7.54. The monoisotopic (exact) mass is 428 g/mol. The summed E-state index contributed by atoms with van der Waals surface area (Å²) in [6.07, 6.45) is -3.01. The Balaban J connectivity index is 1.66. The molecule has 0 N–H and O–H groups in total. The largest absolute Gasteiger partial charge is 0.416 e. The van der Waals surface area contributed by atoms with Gasteiger partial charge in [-0.15, -0.1) is 0 Å². The van der Waals surface area contributed by atoms with Crippen molar-refractivity contribution in [1.82, 2.24) is 19.6 Å². The Labute approximate surface area is 170 Å². The normalized spacial score (nSPS) is 18.1. The zero-order chi connectivity index (χ0) is 21.3. The number of halogens is 4. The SMILES string of the molecule is CC(=O)c1ccn(C(=O)N2CCN(Cc3cc(Cl)cc(C(F)(F)F)c3)C[C@H]2C)n1. The summed E-state index contributed by atoms with van der Waals surface area (Å²) in [6, 6.07) is 4.49. The maximum Gasteiger partial charge on any atom is 0.416 e. The highest BCUT2D eigenvalue weighted by Crippen LogP contribution is 2.32. The van der Waals surface area contributed by atoms with Gasteiger partial charge in [-0.3, -0.25) is 9.69 Å². The van der Waals surface area contributed by atoms with Gasteiger partial charge in [0.15, 0.2) is 5.78 Å². The lowest BCUT2D eigenvalue weighted by Crippen LogP contribution is -2.54. The van der Waals surface area contributed by atoms with E-state index in [1.54, 1.807) is 4.90 Å². The molecule has 3 rings (SSSR count). The van der Waals surface area contributed by atoms with Crippen LogP contribution in [-0.2, 0) is 12.7 Å². The summed E-state index contributed by atoms with van der Waals surface area (Å²) >= 11 is 5.85. The van der Waals surface area contributed by atoms with Gasteiger partial charge < -0.3 is 4.90 Å². The fraction of sp³-hybridized carbons (Fsp3) is 0.421. The summed E-state index contributed by atoms with van der Waals surface area (Å²) < 4.78 is 40.1. The van der Waals surface area contributed by atoms with Crippen molar-refractivity contribution in [3.8, 4) is 0 Å². The van der Waals surface area contributed by atoms with Gasteiger partial charge in [-0.2, -0.15) is 23.0 Å². The van der Waals surface area contributed by atoms with E-state index in [1.807, 2.05) is 11.8 Å². The molecule has 0 bridgehead atoms. The topological polar surface area (TPSA) is 58.4 Å². The molecule has 6 nitrogen and oxygen atoms in total. The van der Waals surface area contributed by atoms with Crippen LogP contribution in [0, 0.1) is 0 Å². The van der Waals surface area contributed by atoms with Crippen molar-refractivity contribution in [2.75, 3.05) is 19.6 Å². The van der Waals surface area contributed by atoms with E-state index in [4.69, 9.17) is 11.6 Å². The van der Waals surface area contributed by atoms with Crippen LogP contribution in [0.5, 0.6) is 0 Å². The molecule has 1 aliphatic heterocycles. The summed E-state index contributed by atoms with van der Waals surface area (Å²) in [4.78, 5) is 27.6. The first kappa shape index (κ1) is 21.3. The predicted molar refractivity (Wildman–Crippen MR) is 101 cm³/mol. The van der Waals surface area contributed by atoms with Gasteiger partial charge in [-0.25, -0.2) is 4.79 Å². The highest BCUT2D eigenvalue weighted by atomic mass is 35.5. The summed E-state index contributed by atoms with van der Waals surface area (Å²) in [6.45, 7) is 4.90. The Bertz CT molecular complexity index is 928. The van der Waals surface area contributed by atoms with Gasteiger partial charge in [0, 0.05) is 50.4 Å². The quantitative estimate of drug-likeness (QED) is 0.695. The fourth-order valence-electron chi connectivity index (χ4n) is 3.37. The molecule has 0 unspecified atom stereocenters. The van der Waals surface area contributed by atoms with Crippen molar-refractivity contribution in [2.24, 2.45) is 0 Å². The lowest BCUT2D eigenvalue weighted by Gasteiger charge is -2.39. The molecule has 156 valence electrons. The second-order valence-electron chi connectivity index (χ2n) is 7.11. The maximum atomic E-state index is 13.0. The average Bonchev–Trinajstić information content (AvgIpc) is 3.10. The molecule has 1 aliphatic rings. The van der Waals surface area contributed by atoms with Gasteiger partial charge in [0.2, 0.25) is 0 Å². The smallest absolute Gasteiger partial charge is 0.318 e. The Kier molecular flexibility index (Phi) is 6.00. The standard InChI is InChI=1S/C19H20ClF3N4O2/c1-12-10-25(11-14-7-15(19(21,22)23)9-16(20)8-14)5-6-26(12)18(29)27-4-3-17(24-27)13(2)28/h3-4,7-9,12H,5-6,10-11H2,1-2H3/t12-/m1/s1. The summed E-state index contributed by atoms with van der Waals surface area (Å²) in [5.74, 6) is -0.228. The highest BCUT2D eigenvalue weighted by molar-refractivity contribution is 6.30. The molecule has 0 saturated carbocycles. The number of carbonyl (C=O) groups excluding carboxylic acids is 2. The van der Waals surface area contributed by atoms with Crippen molar-refractivity contribution in [3.05, 3.63) is 52.3 Å². The van der Waals surface area contributed by atoms with Crippen LogP contribution in [-0.4, -0.2) is 57.1 Å². The van der Waals surface area contributed by atoms with Gasteiger partial charge >= 0.3 is 12.2 Å². The van der Waals surface area contributed by atoms with E-state index >= 15 is 0 Å². The van der Waals surface area contributed by atoms with E-state index in [0.717, 1.165) is 16.8 Å². The van der Waals surface area contributed by atoms with Gasteiger partial charge in [0.25, 0.3) is 0 Å². The molecule has 1 saturated heterocycles. The van der Waals surface area contributed by atoms with Gasteiger partial charge in [-0.1, -0.05) is 11.6 Å². The van der Waals surface area contributed by atoms with E-state index in [2.05, 4.69) is 5.10 Å². The van der Waals surface area contributed by atoms with Crippen molar-refractivity contribution in [1.29, 1.82) is 0 Å². The van der Waals surface area contributed by atoms with Gasteiger partial charge in [-0.05, 0) is 36.8 Å². The zero-order valence-corrected chi connectivity index (χ0v) is 16.7. The van der Waals surface area contributed by atoms with E-state index in [1.165, 1.54) is 25.3 Å². The number of ketones is 1. The molecule has 0 spiro atoms. The number of rotatable bonds is 3. The van der Waals surface area contributed by atoms with Crippen LogP contribution in [0.15, 0.2) is 30.5 Å². The minimum absolute atomic E-state index is 0.0386. The summed E-state index contributed by atoms with van der Waals surface area (Å²) in [7, 11) is 0. The summed E-state index contributed by atoms with van der Waals surface area (Å²) in [5.41, 5.74) is -0.0946. The van der Waals surface area contributed by atoms with Crippen molar-refractivity contribution < 1.29 is 22.8 Å². The maximum absolute atomic E-state index is 13.0. The minimum atomic E-state index is -4.46. The molecule has 1 aromatic carbocycles. The molecule has 2 heterocycles. The number of alkyl halides is 3. The van der Waals surface area contributed by atoms with Crippen LogP contribution >= 0.6 is 11.6 Å². The van der Waals surface area contributed by atoms with Crippen LogP contribution < -0.4 is 0 Å². The molecule has 1 aromatic heterocycles. The molecule has 1 amide bonds. The molecule has 1 atom stereocenters. The Hall–Kier alpha value is -2.39. The van der Waals surface area contributed by atoms with E-state index < -0.39 is 11.7 Å². The van der Waals surface area contributed by atoms with Crippen molar-refractivity contribution in [3.63, 3.8) is 0 Å². The Morgan fingerprint density at radius 2 is 1.97 bits per heavy atom. The molecule has 0 radical (unpaired) electrons. The van der Waals surface area contributed by atoms with Crippen LogP contribution in [0.1, 0.15) is 35.5 Å². The first-order valence-corrected chi connectivity index (χ1v) is 9.39. The number of benzene rings is 1. The molecular formula is C19H20ClF3N4O2. The molecular weight excluding hydrogens is 409 g/mol. The van der Waals surface area contributed by atoms with E-state index in [9.17, 15) is 22.8 Å². The van der Waals surface area contributed by atoms with Crippen molar-refractivity contribution >= 4 is 23.4 Å². The zero-order valence-electron chi connectivity index (χ0n) is 15.9. The van der Waals surface area contributed by atoms with Gasteiger partial charge in [0.05, 0.1) is 5.56 Å². The second kappa shape index (κ2) is 8.16. The van der Waals surface area contributed by atoms with Crippen LogP contribution in [0.3, 0.4) is 0 Å². The van der Waals surface area contributed by atoms with Crippen molar-refractivity contribution in [2.45, 2.75) is 32.6 Å². The number of carbonyl (C=O) groups is 2. The molecule has 1 fully saturated rings. The van der Waals surface area contributed by atoms with Crippen LogP contribution in [0.25, 0.3) is 0 Å². The minimum Gasteiger partial charge on any atom is -0.318 e. The number of nitrogens with zero attached hydrogens (tertiary/aromatic N) is 4. The third kappa shape index (κ3) is 4.97. The van der Waals surface area contributed by atoms with E-state index in [0.29, 0.717) is 31.7 Å². The number of amides is 1. The first-order chi connectivity index (χ1) is 13.5. The number of hydrogen-bond acceptors (Lipinski definition) is 4. The lowest BCUT2D eigenvalue weighted by atomic mass is 10.1. The Morgan fingerprint density at radius 3 is 2.55 bits per heavy atom. The molecule has 29 heavy (non-hydrogen) atoms. The predicted octanol–water partition coefficient (Wildman–Crippen LogP) is 3.93. The average molecular weight is 429 g/mol.